The van der Waals surface area contributed by atoms with Crippen LogP contribution in [0, 0.1) is 5.92 Å². The highest BCUT2D eigenvalue weighted by Crippen LogP contribution is 2.24. The van der Waals surface area contributed by atoms with Crippen LogP contribution in [0.15, 0.2) is 0 Å². The van der Waals surface area contributed by atoms with Crippen molar-refractivity contribution in [3.63, 3.8) is 0 Å². The van der Waals surface area contributed by atoms with Crippen molar-refractivity contribution in [1.29, 1.82) is 0 Å². The molecule has 0 spiro atoms. The summed E-state index contributed by atoms with van der Waals surface area (Å²) in [6.07, 6.45) is 6.45. The van der Waals surface area contributed by atoms with Crippen LogP contribution in [-0.4, -0.2) is 59.8 Å². The minimum absolute atomic E-state index is 0.345. The molecule has 3 heteroatoms. The predicted molar refractivity (Wildman–Crippen MR) is 75.7 cm³/mol. The van der Waals surface area contributed by atoms with Crippen molar-refractivity contribution in [1.82, 2.24) is 9.80 Å². The van der Waals surface area contributed by atoms with Crippen molar-refractivity contribution in [2.45, 2.75) is 58.0 Å². The predicted octanol–water partition coefficient (Wildman–Crippen LogP) is 1.95. The molecule has 2 rings (SSSR count). The average molecular weight is 254 g/mol. The molecule has 0 bridgehead atoms. The average Bonchev–Trinajstić information content (AvgIpc) is 2.99. The van der Waals surface area contributed by atoms with Gasteiger partial charge in [-0.05, 0) is 44.7 Å². The van der Waals surface area contributed by atoms with E-state index in [4.69, 9.17) is 0 Å². The Morgan fingerprint density at radius 1 is 1.11 bits per heavy atom. The van der Waals surface area contributed by atoms with Gasteiger partial charge >= 0.3 is 0 Å². The molecule has 2 aliphatic rings. The molecular formula is C15H30N2O. The number of aliphatic hydroxyl groups excluding tert-OH is 1. The Morgan fingerprint density at radius 3 is 2.44 bits per heavy atom. The first-order chi connectivity index (χ1) is 8.74. The normalized spacial score (nSPS) is 32.2. The van der Waals surface area contributed by atoms with Crippen molar-refractivity contribution in [2.24, 2.45) is 5.92 Å². The third-order valence-electron chi connectivity index (χ3n) is 4.90. The summed E-state index contributed by atoms with van der Waals surface area (Å²) in [7, 11) is 0. The Kier molecular flexibility index (Phi) is 5.46. The Hall–Kier alpha value is -0.120. The number of rotatable bonds is 6. The lowest BCUT2D eigenvalue weighted by atomic mass is 10.1. The summed E-state index contributed by atoms with van der Waals surface area (Å²) in [5, 5.41) is 9.40. The standard InChI is InChI=1S/C15H30N2O/c1-3-13(2)10-16-8-4-6-14(16)11-17-9-5-7-15(17)12-18/h13-15,18H,3-12H2,1-2H3. The van der Waals surface area contributed by atoms with E-state index in [9.17, 15) is 5.11 Å². The highest BCUT2D eigenvalue weighted by molar-refractivity contribution is 4.87. The van der Waals surface area contributed by atoms with Crippen LogP contribution in [0.25, 0.3) is 0 Å². The van der Waals surface area contributed by atoms with Crippen molar-refractivity contribution < 1.29 is 5.11 Å². The molecule has 3 atom stereocenters. The molecule has 0 saturated carbocycles. The summed E-state index contributed by atoms with van der Waals surface area (Å²) < 4.78 is 0. The SMILES string of the molecule is CCC(C)CN1CCCC1CN1CCCC1CO. The molecule has 0 aromatic rings. The molecule has 0 radical (unpaired) electrons. The minimum atomic E-state index is 0.345. The van der Waals surface area contributed by atoms with E-state index in [2.05, 4.69) is 23.6 Å². The van der Waals surface area contributed by atoms with Crippen molar-refractivity contribution in [3.8, 4) is 0 Å². The summed E-state index contributed by atoms with van der Waals surface area (Å²) in [6, 6.07) is 1.18. The number of hydrogen-bond acceptors (Lipinski definition) is 3. The molecule has 0 aromatic heterocycles. The van der Waals surface area contributed by atoms with Crippen LogP contribution in [0.5, 0.6) is 0 Å². The number of hydrogen-bond donors (Lipinski definition) is 1. The molecule has 2 fully saturated rings. The zero-order valence-corrected chi connectivity index (χ0v) is 12.1. The van der Waals surface area contributed by atoms with Crippen LogP contribution in [0.4, 0.5) is 0 Å². The zero-order chi connectivity index (χ0) is 13.0. The van der Waals surface area contributed by atoms with Gasteiger partial charge in [-0.15, -0.1) is 0 Å². The van der Waals surface area contributed by atoms with E-state index in [1.165, 1.54) is 58.3 Å². The molecule has 0 amide bonds. The van der Waals surface area contributed by atoms with E-state index in [1.807, 2.05) is 0 Å². The topological polar surface area (TPSA) is 26.7 Å². The monoisotopic (exact) mass is 254 g/mol. The van der Waals surface area contributed by atoms with Gasteiger partial charge in [0.15, 0.2) is 0 Å². The molecule has 3 unspecified atom stereocenters. The second kappa shape index (κ2) is 6.88. The second-order valence-electron chi connectivity index (χ2n) is 6.28. The lowest BCUT2D eigenvalue weighted by Crippen LogP contribution is -2.44. The fourth-order valence-electron chi connectivity index (χ4n) is 3.48. The Balaban J connectivity index is 1.83. The molecule has 0 aliphatic carbocycles. The van der Waals surface area contributed by atoms with E-state index >= 15 is 0 Å². The molecule has 2 saturated heterocycles. The van der Waals surface area contributed by atoms with Crippen LogP contribution in [0.2, 0.25) is 0 Å². The molecule has 2 aliphatic heterocycles. The van der Waals surface area contributed by atoms with E-state index in [0.717, 1.165) is 12.0 Å². The Morgan fingerprint density at radius 2 is 1.78 bits per heavy atom. The minimum Gasteiger partial charge on any atom is -0.395 e. The van der Waals surface area contributed by atoms with Crippen LogP contribution < -0.4 is 0 Å². The van der Waals surface area contributed by atoms with Gasteiger partial charge in [0, 0.05) is 25.2 Å². The van der Waals surface area contributed by atoms with Gasteiger partial charge in [0.2, 0.25) is 0 Å². The fraction of sp³-hybridized carbons (Fsp3) is 1.00. The van der Waals surface area contributed by atoms with E-state index < -0.39 is 0 Å². The quantitative estimate of drug-likeness (QED) is 0.785. The molecule has 1 N–H and O–H groups in total. The summed E-state index contributed by atoms with van der Waals surface area (Å²) in [6.45, 7) is 9.92. The highest BCUT2D eigenvalue weighted by atomic mass is 16.3. The molecule has 106 valence electrons. The van der Waals surface area contributed by atoms with Gasteiger partial charge < -0.3 is 5.11 Å². The summed E-state index contributed by atoms with van der Waals surface area (Å²) in [5.41, 5.74) is 0. The van der Waals surface area contributed by atoms with E-state index in [1.54, 1.807) is 0 Å². The summed E-state index contributed by atoms with van der Waals surface area (Å²) in [4.78, 5) is 5.22. The maximum Gasteiger partial charge on any atom is 0.0586 e. The van der Waals surface area contributed by atoms with Gasteiger partial charge in [0.25, 0.3) is 0 Å². The highest BCUT2D eigenvalue weighted by Gasteiger charge is 2.31. The summed E-state index contributed by atoms with van der Waals surface area (Å²) in [5.74, 6) is 0.817. The first kappa shape index (κ1) is 14.3. The van der Waals surface area contributed by atoms with Crippen LogP contribution in [0.1, 0.15) is 46.0 Å². The third kappa shape index (κ3) is 3.46. The first-order valence-corrected chi connectivity index (χ1v) is 7.83. The Labute approximate surface area is 112 Å². The number of likely N-dealkylation sites (tertiary alicyclic amines) is 2. The fourth-order valence-corrected chi connectivity index (χ4v) is 3.48. The smallest absolute Gasteiger partial charge is 0.0586 e. The molecule has 0 aromatic carbocycles. The van der Waals surface area contributed by atoms with Gasteiger partial charge in [-0.2, -0.15) is 0 Å². The third-order valence-corrected chi connectivity index (χ3v) is 4.90. The zero-order valence-electron chi connectivity index (χ0n) is 12.1. The van der Waals surface area contributed by atoms with Gasteiger partial charge in [0.1, 0.15) is 0 Å². The lowest BCUT2D eigenvalue weighted by Gasteiger charge is -2.32. The van der Waals surface area contributed by atoms with Crippen LogP contribution in [0.3, 0.4) is 0 Å². The number of nitrogens with zero attached hydrogens (tertiary/aromatic N) is 2. The molecular weight excluding hydrogens is 224 g/mol. The van der Waals surface area contributed by atoms with Crippen molar-refractivity contribution in [3.05, 3.63) is 0 Å². The van der Waals surface area contributed by atoms with E-state index in [0.29, 0.717) is 12.6 Å². The summed E-state index contributed by atoms with van der Waals surface area (Å²) >= 11 is 0. The maximum absolute atomic E-state index is 9.40. The lowest BCUT2D eigenvalue weighted by molar-refractivity contribution is 0.116. The largest absolute Gasteiger partial charge is 0.395 e. The van der Waals surface area contributed by atoms with Gasteiger partial charge in [-0.3, -0.25) is 9.80 Å². The Bertz CT molecular complexity index is 247. The van der Waals surface area contributed by atoms with Crippen LogP contribution >= 0.6 is 0 Å². The second-order valence-corrected chi connectivity index (χ2v) is 6.28. The molecule has 2 heterocycles. The van der Waals surface area contributed by atoms with Gasteiger partial charge in [-0.1, -0.05) is 20.3 Å². The maximum atomic E-state index is 9.40. The number of aliphatic hydroxyl groups is 1. The van der Waals surface area contributed by atoms with E-state index in [-0.39, 0.29) is 0 Å². The van der Waals surface area contributed by atoms with Crippen molar-refractivity contribution >= 4 is 0 Å². The molecule has 3 nitrogen and oxygen atoms in total. The van der Waals surface area contributed by atoms with Crippen LogP contribution in [-0.2, 0) is 0 Å². The molecule has 18 heavy (non-hydrogen) atoms. The van der Waals surface area contributed by atoms with Gasteiger partial charge in [-0.25, -0.2) is 0 Å². The first-order valence-electron chi connectivity index (χ1n) is 7.83. The van der Waals surface area contributed by atoms with Crippen molar-refractivity contribution in [2.75, 3.05) is 32.8 Å². The van der Waals surface area contributed by atoms with Gasteiger partial charge in [0.05, 0.1) is 6.61 Å².